The minimum Gasteiger partial charge on any atom is -0.318 e. The van der Waals surface area contributed by atoms with Crippen LogP contribution in [0.15, 0.2) is 53.5 Å². The molecule has 0 N–H and O–H groups in total. The Hall–Kier alpha value is -1.88. The Bertz CT molecular complexity index is 986. The molecule has 0 atom stereocenters. The van der Waals surface area contributed by atoms with Crippen molar-refractivity contribution >= 4 is 34.5 Å². The van der Waals surface area contributed by atoms with Crippen molar-refractivity contribution in [1.29, 1.82) is 0 Å². The SMILES string of the molecule is Cc1cc(-n2c(C)cc(C=Nc3ccc(C(C)(C)C)cc3)c2C)ccc1I. The lowest BCUT2D eigenvalue weighted by Crippen LogP contribution is -2.10. The summed E-state index contributed by atoms with van der Waals surface area (Å²) < 4.78 is 3.59. The summed E-state index contributed by atoms with van der Waals surface area (Å²) in [6.45, 7) is 13.1. The van der Waals surface area contributed by atoms with Gasteiger partial charge in [0.05, 0.1) is 5.69 Å². The lowest BCUT2D eigenvalue weighted by Gasteiger charge is -2.18. The third-order valence-electron chi connectivity index (χ3n) is 4.96. The van der Waals surface area contributed by atoms with Gasteiger partial charge in [0.25, 0.3) is 0 Å². The molecule has 3 heteroatoms. The largest absolute Gasteiger partial charge is 0.318 e. The Labute approximate surface area is 176 Å². The first kappa shape index (κ1) is 19.9. The van der Waals surface area contributed by atoms with Crippen LogP contribution in [0.2, 0.25) is 0 Å². The van der Waals surface area contributed by atoms with Crippen LogP contribution in [-0.2, 0) is 5.41 Å². The minimum atomic E-state index is 0.165. The summed E-state index contributed by atoms with van der Waals surface area (Å²) in [7, 11) is 0. The van der Waals surface area contributed by atoms with E-state index >= 15 is 0 Å². The lowest BCUT2D eigenvalue weighted by atomic mass is 9.87. The van der Waals surface area contributed by atoms with Gasteiger partial charge in [0.1, 0.15) is 0 Å². The molecule has 0 saturated carbocycles. The van der Waals surface area contributed by atoms with Gasteiger partial charge in [-0.3, -0.25) is 4.99 Å². The van der Waals surface area contributed by atoms with Gasteiger partial charge in [-0.05, 0) is 96.3 Å². The fraction of sp³-hybridized carbons (Fsp3) is 0.292. The number of aromatic nitrogens is 1. The summed E-state index contributed by atoms with van der Waals surface area (Å²) in [5.41, 5.74) is 8.57. The molecular weight excluding hydrogens is 443 g/mol. The molecule has 0 unspecified atom stereocenters. The van der Waals surface area contributed by atoms with E-state index in [9.17, 15) is 0 Å². The van der Waals surface area contributed by atoms with E-state index < -0.39 is 0 Å². The van der Waals surface area contributed by atoms with Gasteiger partial charge >= 0.3 is 0 Å². The molecular formula is C24H27IN2. The first-order valence-corrected chi connectivity index (χ1v) is 10.3. The van der Waals surface area contributed by atoms with Gasteiger partial charge in [0, 0.05) is 32.4 Å². The molecule has 3 rings (SSSR count). The van der Waals surface area contributed by atoms with Crippen LogP contribution in [0, 0.1) is 24.3 Å². The second-order valence-electron chi connectivity index (χ2n) is 8.15. The maximum absolute atomic E-state index is 4.70. The van der Waals surface area contributed by atoms with Crippen molar-refractivity contribution < 1.29 is 0 Å². The number of rotatable bonds is 3. The highest BCUT2D eigenvalue weighted by Crippen LogP contribution is 2.26. The smallest absolute Gasteiger partial charge is 0.0630 e. The standard InChI is InChI=1S/C24H27IN2/c1-16-13-22(11-12-23(16)25)27-17(2)14-19(18(27)3)15-26-21-9-7-20(8-10-21)24(4,5)6/h7-15H,1-6H3. The lowest BCUT2D eigenvalue weighted by molar-refractivity contribution is 0.590. The molecule has 0 fully saturated rings. The van der Waals surface area contributed by atoms with Crippen LogP contribution < -0.4 is 0 Å². The molecule has 0 aliphatic rings. The van der Waals surface area contributed by atoms with Crippen LogP contribution in [0.3, 0.4) is 0 Å². The van der Waals surface area contributed by atoms with Crippen molar-refractivity contribution in [3.05, 3.63) is 80.2 Å². The Balaban J connectivity index is 1.90. The number of halogens is 1. The molecule has 0 bridgehead atoms. The highest BCUT2D eigenvalue weighted by atomic mass is 127. The second-order valence-corrected chi connectivity index (χ2v) is 9.31. The van der Waals surface area contributed by atoms with Crippen LogP contribution in [0.25, 0.3) is 5.69 Å². The number of aliphatic imine (C=N–C) groups is 1. The minimum absolute atomic E-state index is 0.165. The molecule has 0 saturated heterocycles. The molecule has 2 aromatic carbocycles. The van der Waals surface area contributed by atoms with E-state index in [0.717, 1.165) is 11.3 Å². The van der Waals surface area contributed by atoms with Crippen molar-refractivity contribution in [2.75, 3.05) is 0 Å². The third kappa shape index (κ3) is 4.34. The van der Waals surface area contributed by atoms with Gasteiger partial charge in [-0.2, -0.15) is 0 Å². The molecule has 0 spiro atoms. The molecule has 0 amide bonds. The molecule has 1 heterocycles. The van der Waals surface area contributed by atoms with Crippen LogP contribution >= 0.6 is 22.6 Å². The third-order valence-corrected chi connectivity index (χ3v) is 6.17. The predicted molar refractivity (Wildman–Crippen MR) is 125 cm³/mol. The number of aryl methyl sites for hydroxylation is 2. The van der Waals surface area contributed by atoms with Crippen molar-refractivity contribution in [2.45, 2.75) is 47.0 Å². The Morgan fingerprint density at radius 1 is 0.926 bits per heavy atom. The van der Waals surface area contributed by atoms with E-state index in [4.69, 9.17) is 4.99 Å². The van der Waals surface area contributed by atoms with Gasteiger partial charge in [-0.15, -0.1) is 0 Å². The summed E-state index contributed by atoms with van der Waals surface area (Å²) in [5.74, 6) is 0. The van der Waals surface area contributed by atoms with Gasteiger partial charge in [-0.1, -0.05) is 32.9 Å². The number of hydrogen-bond donors (Lipinski definition) is 0. The van der Waals surface area contributed by atoms with Crippen LogP contribution in [0.4, 0.5) is 5.69 Å². The van der Waals surface area contributed by atoms with Crippen molar-refractivity contribution in [2.24, 2.45) is 4.99 Å². The quantitative estimate of drug-likeness (QED) is 0.288. The van der Waals surface area contributed by atoms with Gasteiger partial charge in [0.2, 0.25) is 0 Å². The maximum atomic E-state index is 4.70. The Kier molecular flexibility index (Phi) is 5.61. The first-order chi connectivity index (χ1) is 12.7. The maximum Gasteiger partial charge on any atom is 0.0630 e. The monoisotopic (exact) mass is 470 g/mol. The summed E-state index contributed by atoms with van der Waals surface area (Å²) >= 11 is 2.38. The fourth-order valence-electron chi connectivity index (χ4n) is 3.28. The molecule has 0 aliphatic heterocycles. The van der Waals surface area contributed by atoms with Crippen LogP contribution in [0.1, 0.15) is 48.8 Å². The molecule has 2 nitrogen and oxygen atoms in total. The number of benzene rings is 2. The van der Waals surface area contributed by atoms with E-state index in [1.165, 1.54) is 31.8 Å². The van der Waals surface area contributed by atoms with Crippen molar-refractivity contribution in [3.63, 3.8) is 0 Å². The van der Waals surface area contributed by atoms with E-state index in [1.54, 1.807) is 0 Å². The Morgan fingerprint density at radius 3 is 2.19 bits per heavy atom. The van der Waals surface area contributed by atoms with Crippen molar-refractivity contribution in [1.82, 2.24) is 4.57 Å². The zero-order valence-corrected chi connectivity index (χ0v) is 19.1. The molecule has 27 heavy (non-hydrogen) atoms. The summed E-state index contributed by atoms with van der Waals surface area (Å²) in [6.07, 6.45) is 1.98. The zero-order chi connectivity index (χ0) is 19.8. The topological polar surface area (TPSA) is 17.3 Å². The zero-order valence-electron chi connectivity index (χ0n) is 17.0. The molecule has 1 aromatic heterocycles. The van der Waals surface area contributed by atoms with E-state index in [0.29, 0.717) is 0 Å². The summed E-state index contributed by atoms with van der Waals surface area (Å²) in [4.78, 5) is 4.70. The van der Waals surface area contributed by atoms with Crippen molar-refractivity contribution in [3.8, 4) is 5.69 Å². The number of hydrogen-bond acceptors (Lipinski definition) is 1. The Morgan fingerprint density at radius 2 is 1.59 bits per heavy atom. The average molecular weight is 470 g/mol. The van der Waals surface area contributed by atoms with Crippen LogP contribution in [-0.4, -0.2) is 10.8 Å². The summed E-state index contributed by atoms with van der Waals surface area (Å²) in [6, 6.07) is 17.3. The normalized spacial score (nSPS) is 12.1. The molecule has 0 radical (unpaired) electrons. The molecule has 0 aliphatic carbocycles. The van der Waals surface area contributed by atoms with Gasteiger partial charge < -0.3 is 4.57 Å². The molecule has 3 aromatic rings. The highest BCUT2D eigenvalue weighted by Gasteiger charge is 2.13. The molecule has 140 valence electrons. The highest BCUT2D eigenvalue weighted by molar-refractivity contribution is 14.1. The predicted octanol–water partition coefficient (Wildman–Crippen LogP) is 7.06. The second kappa shape index (κ2) is 7.63. The van der Waals surface area contributed by atoms with Gasteiger partial charge in [-0.25, -0.2) is 0 Å². The summed E-state index contributed by atoms with van der Waals surface area (Å²) in [5, 5.41) is 0. The van der Waals surface area contributed by atoms with Crippen LogP contribution in [0.5, 0.6) is 0 Å². The number of nitrogens with zero attached hydrogens (tertiary/aromatic N) is 2. The van der Waals surface area contributed by atoms with E-state index in [1.807, 2.05) is 6.21 Å². The van der Waals surface area contributed by atoms with Gasteiger partial charge in [0.15, 0.2) is 0 Å². The fourth-order valence-corrected chi connectivity index (χ4v) is 3.61. The average Bonchev–Trinajstić information content (AvgIpc) is 2.89. The van der Waals surface area contributed by atoms with E-state index in [2.05, 4.69) is 117 Å². The van der Waals surface area contributed by atoms with E-state index in [-0.39, 0.29) is 5.41 Å². The first-order valence-electron chi connectivity index (χ1n) is 9.27.